The molecule has 6 atom stereocenters. The van der Waals surface area contributed by atoms with Gasteiger partial charge in [-0.1, -0.05) is 29.3 Å². The number of aryl methyl sites for hydroxylation is 2. The van der Waals surface area contributed by atoms with Crippen LogP contribution in [-0.2, 0) is 38.6 Å². The topological polar surface area (TPSA) is 122 Å². The van der Waals surface area contributed by atoms with Crippen LogP contribution in [0.3, 0.4) is 0 Å². The molecule has 1 saturated carbocycles. The summed E-state index contributed by atoms with van der Waals surface area (Å²) in [7, 11) is 2.93. The molecule has 4 aliphatic rings. The van der Waals surface area contributed by atoms with E-state index < -0.39 is 87.8 Å². The minimum Gasteiger partial charge on any atom is -0.504 e. The number of rotatable bonds is 5. The van der Waals surface area contributed by atoms with Gasteiger partial charge in [0.25, 0.3) is 0 Å². The van der Waals surface area contributed by atoms with E-state index in [2.05, 4.69) is 0 Å². The fourth-order valence-electron chi connectivity index (χ4n) is 10.0. The summed E-state index contributed by atoms with van der Waals surface area (Å²) in [5.41, 5.74) is -3.61. The van der Waals surface area contributed by atoms with Gasteiger partial charge in [0.15, 0.2) is 11.5 Å². The van der Waals surface area contributed by atoms with E-state index in [4.69, 9.17) is 21.4 Å². The molecule has 3 fully saturated rings. The third-order valence-corrected chi connectivity index (χ3v) is 14.4. The predicted octanol–water partition coefficient (Wildman–Crippen LogP) is 9.45. The van der Waals surface area contributed by atoms with Gasteiger partial charge in [-0.25, -0.2) is 9.80 Å². The Bertz CT molecular complexity index is 2760. The summed E-state index contributed by atoms with van der Waals surface area (Å²) in [6.45, 7) is 3.54. The fraction of sp³-hybridized carbons (Fsp3) is 0.326. The Morgan fingerprint density at radius 1 is 0.885 bits per heavy atom. The Labute approximate surface area is 351 Å². The smallest absolute Gasteiger partial charge is 0.416 e. The molecular formula is C43H33ClF6N4O6S. The van der Waals surface area contributed by atoms with Gasteiger partial charge in [0.2, 0.25) is 23.6 Å². The number of carbonyl (C=O) groups is 4. The molecule has 4 heterocycles. The first-order valence-corrected chi connectivity index (χ1v) is 20.2. The van der Waals surface area contributed by atoms with Crippen LogP contribution in [-0.4, -0.2) is 45.6 Å². The number of aromatic hydroxyl groups is 1. The Morgan fingerprint density at radius 2 is 1.57 bits per heavy atom. The Morgan fingerprint density at radius 3 is 2.21 bits per heavy atom. The number of ether oxygens (including phenoxy) is 1. The zero-order chi connectivity index (χ0) is 43.8. The van der Waals surface area contributed by atoms with Crippen LogP contribution < -0.4 is 14.5 Å². The second-order valence-corrected chi connectivity index (χ2v) is 17.6. The molecule has 0 spiro atoms. The van der Waals surface area contributed by atoms with Gasteiger partial charge in [0, 0.05) is 28.8 Å². The number of nitrogens with zero attached hydrogens (tertiary/aromatic N) is 4. The van der Waals surface area contributed by atoms with Crippen LogP contribution in [0.2, 0.25) is 5.02 Å². The summed E-state index contributed by atoms with van der Waals surface area (Å²) in [6, 6.07) is 12.2. The van der Waals surface area contributed by atoms with Crippen LogP contribution >= 0.6 is 22.9 Å². The number of imide groups is 2. The van der Waals surface area contributed by atoms with Crippen molar-refractivity contribution in [2.45, 2.75) is 45.0 Å². The average Bonchev–Trinajstić information content (AvgIpc) is 3.87. The van der Waals surface area contributed by atoms with Gasteiger partial charge in [0.05, 0.1) is 52.0 Å². The number of phenolic OH excluding ortho intramolecular Hbond substituents is 1. The molecule has 9 rings (SSSR count). The summed E-state index contributed by atoms with van der Waals surface area (Å²) >= 11 is 7.74. The number of amides is 4. The molecule has 3 aromatic carbocycles. The third-order valence-electron chi connectivity index (χ3n) is 12.9. The van der Waals surface area contributed by atoms with E-state index in [0.29, 0.717) is 38.9 Å². The van der Waals surface area contributed by atoms with Gasteiger partial charge in [-0.3, -0.25) is 23.9 Å². The molecule has 4 amide bonds. The number of phenols is 1. The summed E-state index contributed by atoms with van der Waals surface area (Å²) in [5.74, 6) is -8.87. The molecule has 316 valence electrons. The van der Waals surface area contributed by atoms with Crippen molar-refractivity contribution in [2.24, 2.45) is 36.1 Å². The highest BCUT2D eigenvalue weighted by atomic mass is 35.5. The summed E-state index contributed by atoms with van der Waals surface area (Å²) in [4.78, 5) is 60.7. The maximum Gasteiger partial charge on any atom is 0.416 e. The van der Waals surface area contributed by atoms with E-state index in [1.54, 1.807) is 38.2 Å². The number of anilines is 2. The van der Waals surface area contributed by atoms with Crippen LogP contribution in [0.15, 0.2) is 72.3 Å². The number of thiophene rings is 1. The Kier molecular flexibility index (Phi) is 9.12. The average molecular weight is 883 g/mol. The van der Waals surface area contributed by atoms with Crippen molar-refractivity contribution in [3.63, 3.8) is 0 Å². The van der Waals surface area contributed by atoms with Crippen LogP contribution in [0.1, 0.15) is 47.9 Å². The van der Waals surface area contributed by atoms with Crippen LogP contribution in [0, 0.1) is 36.0 Å². The van der Waals surface area contributed by atoms with E-state index in [1.807, 2.05) is 19.1 Å². The lowest BCUT2D eigenvalue weighted by atomic mass is 9.51. The minimum atomic E-state index is -5.24. The van der Waals surface area contributed by atoms with E-state index in [0.717, 1.165) is 25.4 Å². The molecule has 0 bridgehead atoms. The number of aromatic nitrogens is 2. The lowest BCUT2D eigenvalue weighted by Crippen LogP contribution is -2.48. The van der Waals surface area contributed by atoms with Gasteiger partial charge in [-0.05, 0) is 97.7 Å². The normalized spacial score (nSPS) is 25.3. The highest BCUT2D eigenvalue weighted by Gasteiger charge is 2.68. The van der Waals surface area contributed by atoms with E-state index in [1.165, 1.54) is 35.3 Å². The molecule has 2 aliphatic carbocycles. The number of halogens is 7. The summed E-state index contributed by atoms with van der Waals surface area (Å²) in [5, 5.41) is 17.1. The molecule has 0 radical (unpaired) electrons. The van der Waals surface area contributed by atoms with E-state index in [9.17, 15) is 45.8 Å². The number of alkyl halides is 6. The van der Waals surface area contributed by atoms with Crippen LogP contribution in [0.25, 0.3) is 20.7 Å². The number of carbonyl (C=O) groups excluding carboxylic acids is 4. The van der Waals surface area contributed by atoms with Gasteiger partial charge in [-0.15, -0.1) is 11.3 Å². The molecular weight excluding hydrogens is 850 g/mol. The molecule has 2 aromatic heterocycles. The molecule has 2 aliphatic heterocycles. The molecule has 10 nitrogen and oxygen atoms in total. The SMILES string of the molecule is COc1ccc(C2C3=CCC4C(=O)N(c5cc(C(F)(F)F)cc(C(F)(F)F)c5)C(=O)C4C3CC3C(=O)N(c4cc(-c5sc6ccc(Cl)cc6c5C)nn4C)C(=O)C32C)cc1O. The van der Waals surface area contributed by atoms with Crippen molar-refractivity contribution in [3.05, 3.63) is 99.6 Å². The second-order valence-electron chi connectivity index (χ2n) is 16.1. The van der Waals surface area contributed by atoms with Crippen molar-refractivity contribution in [3.8, 4) is 22.1 Å². The number of allylic oxidation sites excluding steroid dienone is 2. The van der Waals surface area contributed by atoms with Gasteiger partial charge >= 0.3 is 12.4 Å². The van der Waals surface area contributed by atoms with Gasteiger partial charge in [0.1, 0.15) is 11.5 Å². The summed E-state index contributed by atoms with van der Waals surface area (Å²) < 4.78 is 91.2. The first-order chi connectivity index (χ1) is 28.6. The van der Waals surface area contributed by atoms with Gasteiger partial charge in [-0.2, -0.15) is 31.4 Å². The molecule has 1 N–H and O–H groups in total. The maximum atomic E-state index is 15.1. The number of methoxy groups -OCH3 is 1. The van der Waals surface area contributed by atoms with Gasteiger partial charge < -0.3 is 9.84 Å². The third kappa shape index (κ3) is 6.01. The fourth-order valence-corrected chi connectivity index (χ4v) is 11.4. The minimum absolute atomic E-state index is 0.0859. The van der Waals surface area contributed by atoms with Crippen molar-refractivity contribution in [1.82, 2.24) is 9.78 Å². The van der Waals surface area contributed by atoms with Crippen LogP contribution in [0.5, 0.6) is 11.5 Å². The van der Waals surface area contributed by atoms with Crippen molar-refractivity contribution in [1.29, 1.82) is 0 Å². The van der Waals surface area contributed by atoms with E-state index >= 15 is 4.79 Å². The monoisotopic (exact) mass is 882 g/mol. The molecule has 6 unspecified atom stereocenters. The highest BCUT2D eigenvalue weighted by molar-refractivity contribution is 7.22. The lowest BCUT2D eigenvalue weighted by molar-refractivity contribution is -0.143. The standard InChI is InChI=1S/C43H33ClF6N4O6S/c1-18-26-15-22(44)6-10-32(26)61-36(18)29-17-33(52(3)51-29)54-38(57)28-16-27-24(35(41(28,2)40(54)59)19-5-9-31(60-4)30(55)11-19)7-8-25-34(27)39(58)53(37(25)56)23-13-20(42(45,46)47)12-21(14-23)43(48,49)50/h5-7,9-15,17,25,27-28,34-35,55H,8,16H2,1-4H3. The van der Waals surface area contributed by atoms with E-state index in [-0.39, 0.29) is 36.2 Å². The molecule has 2 saturated heterocycles. The number of benzene rings is 3. The number of hydrogen-bond donors (Lipinski definition) is 1. The largest absolute Gasteiger partial charge is 0.504 e. The predicted molar refractivity (Wildman–Crippen MR) is 212 cm³/mol. The molecule has 5 aromatic rings. The lowest BCUT2D eigenvalue weighted by Gasteiger charge is -2.49. The van der Waals surface area contributed by atoms with Crippen LogP contribution in [0.4, 0.5) is 37.8 Å². The first-order valence-electron chi connectivity index (χ1n) is 19.0. The Hall–Kier alpha value is -5.68. The second kappa shape index (κ2) is 13.7. The quantitative estimate of drug-likeness (QED) is 0.106. The Balaban J connectivity index is 1.15. The molecule has 61 heavy (non-hydrogen) atoms. The zero-order valence-electron chi connectivity index (χ0n) is 32.5. The highest BCUT2D eigenvalue weighted by Crippen LogP contribution is 2.64. The van der Waals surface area contributed by atoms with Crippen molar-refractivity contribution in [2.75, 3.05) is 16.9 Å². The number of fused-ring (bicyclic) bond motifs is 5. The zero-order valence-corrected chi connectivity index (χ0v) is 34.1. The van der Waals surface area contributed by atoms with Crippen molar-refractivity contribution >= 4 is 68.2 Å². The first kappa shape index (κ1) is 40.7. The number of hydrogen-bond acceptors (Lipinski definition) is 8. The molecule has 18 heteroatoms. The van der Waals surface area contributed by atoms with Crippen molar-refractivity contribution < 1.29 is 55.4 Å². The maximum absolute atomic E-state index is 15.1. The summed E-state index contributed by atoms with van der Waals surface area (Å²) in [6.07, 6.45) is -9.11.